The van der Waals surface area contributed by atoms with Crippen LogP contribution in [-0.4, -0.2) is 34.4 Å². The summed E-state index contributed by atoms with van der Waals surface area (Å²) < 4.78 is 0. The third-order valence-corrected chi connectivity index (χ3v) is 9.52. The highest BCUT2D eigenvalue weighted by Gasteiger charge is 2.58. The van der Waals surface area contributed by atoms with E-state index in [1.165, 1.54) is 24.8 Å². The lowest BCUT2D eigenvalue weighted by atomic mass is 9.47. The molecular formula is C27H37N3O3. The number of rotatable bonds is 5. The summed E-state index contributed by atoms with van der Waals surface area (Å²) >= 11 is 0. The van der Waals surface area contributed by atoms with Crippen molar-refractivity contribution in [3.8, 4) is 0 Å². The predicted octanol–water partition coefficient (Wildman–Crippen LogP) is 4.39. The van der Waals surface area contributed by atoms with Gasteiger partial charge in [-0.15, -0.1) is 0 Å². The number of aliphatic hydroxyl groups is 1. The molecule has 0 aliphatic heterocycles. The average molecular weight is 452 g/mol. The van der Waals surface area contributed by atoms with Crippen molar-refractivity contribution in [1.82, 2.24) is 10.3 Å². The predicted molar refractivity (Wildman–Crippen MR) is 127 cm³/mol. The summed E-state index contributed by atoms with van der Waals surface area (Å²) in [6.45, 7) is 5.18. The van der Waals surface area contributed by atoms with Gasteiger partial charge >= 0.3 is 0 Å². The van der Waals surface area contributed by atoms with Crippen LogP contribution in [0.1, 0.15) is 70.8 Å². The Morgan fingerprint density at radius 2 is 2.09 bits per heavy atom. The fourth-order valence-electron chi connectivity index (χ4n) is 7.54. The van der Waals surface area contributed by atoms with Gasteiger partial charge in [0.25, 0.3) is 5.91 Å². The Balaban J connectivity index is 1.19. The number of amides is 1. The Morgan fingerprint density at radius 3 is 2.91 bits per heavy atom. The molecule has 2 N–H and O–H groups in total. The first kappa shape index (κ1) is 22.6. The van der Waals surface area contributed by atoms with Gasteiger partial charge in [-0.3, -0.25) is 9.78 Å². The van der Waals surface area contributed by atoms with Crippen molar-refractivity contribution in [2.24, 2.45) is 33.7 Å². The van der Waals surface area contributed by atoms with Crippen LogP contribution in [-0.2, 0) is 16.2 Å². The molecule has 0 unspecified atom stereocenters. The molecule has 1 aromatic heterocycles. The third-order valence-electron chi connectivity index (χ3n) is 9.52. The maximum absolute atomic E-state index is 12.1. The molecule has 4 aliphatic rings. The molecule has 5 rings (SSSR count). The standard InChI is InChI=1S/C27H37N3O3/c1-26-11-9-20(30-33-17-25(32)29-16-18-4-3-13-28-15-18)14-19(26)5-6-21-22-7-8-24(31)27(22,2)12-10-23(21)26/h3-4,13-15,21-24,31H,5-12,16-17H2,1-2H3,(H,29,32)/b30-20+/t21-,22-,23-,24+,26+,27+/m1/s1. The second-order valence-corrected chi connectivity index (χ2v) is 11.1. The van der Waals surface area contributed by atoms with Gasteiger partial charge in [-0.25, -0.2) is 0 Å². The van der Waals surface area contributed by atoms with E-state index >= 15 is 0 Å². The van der Waals surface area contributed by atoms with Crippen LogP contribution in [0.4, 0.5) is 0 Å². The Hall–Kier alpha value is -2.21. The second-order valence-electron chi connectivity index (χ2n) is 11.1. The quantitative estimate of drug-likeness (QED) is 0.650. The van der Waals surface area contributed by atoms with Gasteiger partial charge in [-0.1, -0.05) is 30.6 Å². The molecule has 1 amide bonds. The Bertz CT molecular complexity index is 945. The smallest absolute Gasteiger partial charge is 0.261 e. The number of carbonyl (C=O) groups excluding carboxylic acids is 1. The lowest BCUT2D eigenvalue weighted by Crippen LogP contribution is -2.51. The summed E-state index contributed by atoms with van der Waals surface area (Å²) in [7, 11) is 0. The van der Waals surface area contributed by atoms with Gasteiger partial charge in [0, 0.05) is 18.9 Å². The largest absolute Gasteiger partial charge is 0.393 e. The second kappa shape index (κ2) is 8.86. The number of allylic oxidation sites excluding steroid dienone is 2. The molecule has 178 valence electrons. The number of aliphatic hydroxyl groups excluding tert-OH is 1. The first-order valence-electron chi connectivity index (χ1n) is 12.6. The van der Waals surface area contributed by atoms with Crippen LogP contribution >= 0.6 is 0 Å². The van der Waals surface area contributed by atoms with E-state index < -0.39 is 0 Å². The Morgan fingerprint density at radius 1 is 1.21 bits per heavy atom. The summed E-state index contributed by atoms with van der Waals surface area (Å²) in [4.78, 5) is 21.5. The minimum absolute atomic E-state index is 0.0719. The number of aromatic nitrogens is 1. The van der Waals surface area contributed by atoms with Crippen molar-refractivity contribution in [3.63, 3.8) is 0 Å². The molecule has 0 bridgehead atoms. The summed E-state index contributed by atoms with van der Waals surface area (Å²) in [6, 6.07) is 3.78. The normalized spacial score (nSPS) is 38.6. The number of carbonyl (C=O) groups is 1. The monoisotopic (exact) mass is 451 g/mol. The van der Waals surface area contributed by atoms with Crippen LogP contribution in [0.3, 0.4) is 0 Å². The molecule has 0 radical (unpaired) electrons. The van der Waals surface area contributed by atoms with E-state index in [0.717, 1.165) is 49.3 Å². The van der Waals surface area contributed by atoms with Crippen LogP contribution in [0.25, 0.3) is 0 Å². The Labute approximate surface area is 196 Å². The minimum Gasteiger partial charge on any atom is -0.393 e. The maximum atomic E-state index is 12.1. The number of nitrogens with one attached hydrogen (secondary N) is 1. The summed E-state index contributed by atoms with van der Waals surface area (Å²) in [5, 5.41) is 17.8. The van der Waals surface area contributed by atoms with Crippen LogP contribution in [0.15, 0.2) is 41.3 Å². The van der Waals surface area contributed by atoms with E-state index in [1.54, 1.807) is 12.4 Å². The first-order valence-corrected chi connectivity index (χ1v) is 12.6. The SMILES string of the molecule is C[C@]12CC[C@@H]3[C@H](CCC4=C/C(=N/OCC(=O)NCc5cccnc5)CC[C@@]43C)[C@H]1CC[C@@H]2O. The van der Waals surface area contributed by atoms with Crippen molar-refractivity contribution in [2.45, 2.75) is 77.9 Å². The molecule has 0 saturated heterocycles. The lowest BCUT2D eigenvalue weighted by Gasteiger charge is -2.57. The number of nitrogens with zero attached hydrogens (tertiary/aromatic N) is 2. The zero-order chi connectivity index (χ0) is 23.1. The molecule has 6 nitrogen and oxygen atoms in total. The van der Waals surface area contributed by atoms with Crippen LogP contribution in [0.2, 0.25) is 0 Å². The highest BCUT2D eigenvalue weighted by Crippen LogP contribution is 2.65. The first-order chi connectivity index (χ1) is 15.9. The highest BCUT2D eigenvalue weighted by molar-refractivity contribution is 5.96. The molecule has 1 heterocycles. The minimum atomic E-state index is -0.180. The number of hydrogen-bond donors (Lipinski definition) is 2. The summed E-state index contributed by atoms with van der Waals surface area (Å²) in [5.74, 6) is 1.94. The fraction of sp³-hybridized carbons (Fsp3) is 0.667. The van der Waals surface area contributed by atoms with Crippen molar-refractivity contribution in [2.75, 3.05) is 6.61 Å². The molecule has 0 spiro atoms. The van der Waals surface area contributed by atoms with Crippen molar-refractivity contribution < 1.29 is 14.7 Å². The van der Waals surface area contributed by atoms with E-state index in [1.807, 2.05) is 12.1 Å². The Kier molecular flexibility index (Phi) is 6.06. The molecule has 4 aliphatic carbocycles. The van der Waals surface area contributed by atoms with Crippen molar-refractivity contribution in [1.29, 1.82) is 0 Å². The van der Waals surface area contributed by atoms with E-state index in [0.29, 0.717) is 18.4 Å². The van der Waals surface area contributed by atoms with Crippen LogP contribution < -0.4 is 5.32 Å². The molecule has 6 atom stereocenters. The number of hydrogen-bond acceptors (Lipinski definition) is 5. The van der Waals surface area contributed by atoms with E-state index in [-0.39, 0.29) is 29.4 Å². The summed E-state index contributed by atoms with van der Waals surface area (Å²) in [6.07, 6.45) is 14.5. The average Bonchev–Trinajstić information content (AvgIpc) is 3.13. The highest BCUT2D eigenvalue weighted by atomic mass is 16.6. The molecule has 3 fully saturated rings. The van der Waals surface area contributed by atoms with Gasteiger partial charge in [0.05, 0.1) is 11.8 Å². The maximum Gasteiger partial charge on any atom is 0.261 e. The van der Waals surface area contributed by atoms with Gasteiger partial charge in [-0.2, -0.15) is 0 Å². The zero-order valence-corrected chi connectivity index (χ0v) is 19.9. The van der Waals surface area contributed by atoms with Crippen LogP contribution in [0, 0.1) is 28.6 Å². The van der Waals surface area contributed by atoms with Crippen LogP contribution in [0.5, 0.6) is 0 Å². The molecular weight excluding hydrogens is 414 g/mol. The molecule has 33 heavy (non-hydrogen) atoms. The number of fused-ring (bicyclic) bond motifs is 5. The summed E-state index contributed by atoms with van der Waals surface area (Å²) in [5.41, 5.74) is 3.79. The van der Waals surface area contributed by atoms with Gasteiger partial charge in [0.15, 0.2) is 6.61 Å². The fourth-order valence-corrected chi connectivity index (χ4v) is 7.54. The molecule has 1 aromatic rings. The van der Waals surface area contributed by atoms with E-state index in [2.05, 4.69) is 35.4 Å². The van der Waals surface area contributed by atoms with Gasteiger partial charge < -0.3 is 15.3 Å². The van der Waals surface area contributed by atoms with Crippen molar-refractivity contribution in [3.05, 3.63) is 41.7 Å². The topological polar surface area (TPSA) is 83.8 Å². The molecule has 0 aromatic carbocycles. The van der Waals surface area contributed by atoms with Gasteiger partial charge in [0.2, 0.25) is 0 Å². The van der Waals surface area contributed by atoms with Gasteiger partial charge in [-0.05, 0) is 97.7 Å². The van der Waals surface area contributed by atoms with E-state index in [4.69, 9.17) is 4.84 Å². The molecule has 6 heteroatoms. The zero-order valence-electron chi connectivity index (χ0n) is 19.9. The number of pyridine rings is 1. The number of oxime groups is 1. The van der Waals surface area contributed by atoms with Crippen molar-refractivity contribution >= 4 is 11.6 Å². The van der Waals surface area contributed by atoms with Gasteiger partial charge in [0.1, 0.15) is 0 Å². The molecule has 3 saturated carbocycles. The van der Waals surface area contributed by atoms with E-state index in [9.17, 15) is 9.90 Å². The third kappa shape index (κ3) is 4.11. The lowest BCUT2D eigenvalue weighted by molar-refractivity contribution is -0.125.